The van der Waals surface area contributed by atoms with Crippen LogP contribution in [0.3, 0.4) is 0 Å². The van der Waals surface area contributed by atoms with Crippen molar-refractivity contribution in [1.29, 1.82) is 0 Å². The van der Waals surface area contributed by atoms with E-state index in [4.69, 9.17) is 5.11 Å². The summed E-state index contributed by atoms with van der Waals surface area (Å²) in [5.74, 6) is 0. The van der Waals surface area contributed by atoms with Crippen LogP contribution in [0.15, 0.2) is 18.5 Å². The number of aliphatic hydroxyl groups excluding tert-OH is 1. The second-order valence-corrected chi connectivity index (χ2v) is 4.53. The van der Waals surface area contributed by atoms with Gasteiger partial charge in [-0.1, -0.05) is 0 Å². The Morgan fingerprint density at radius 1 is 1.19 bits per heavy atom. The van der Waals surface area contributed by atoms with Crippen LogP contribution < -0.4 is 0 Å². The van der Waals surface area contributed by atoms with Crippen molar-refractivity contribution in [1.82, 2.24) is 14.4 Å². The predicted molar refractivity (Wildman–Crippen MR) is 64.2 cm³/mol. The summed E-state index contributed by atoms with van der Waals surface area (Å²) >= 11 is 0. The number of hydrogen-bond acceptors (Lipinski definition) is 3. The molecule has 4 heteroatoms. The smallest absolute Gasteiger partial charge is 0.0558 e. The van der Waals surface area contributed by atoms with Crippen molar-refractivity contribution >= 4 is 0 Å². The molecule has 1 aliphatic heterocycles. The Balaban J connectivity index is 1.77. The fourth-order valence-electron chi connectivity index (χ4n) is 2.23. The molecule has 0 spiro atoms. The molecule has 1 aliphatic rings. The fourth-order valence-corrected chi connectivity index (χ4v) is 2.23. The van der Waals surface area contributed by atoms with Gasteiger partial charge in [-0.2, -0.15) is 0 Å². The van der Waals surface area contributed by atoms with Gasteiger partial charge in [0.1, 0.15) is 0 Å². The van der Waals surface area contributed by atoms with E-state index in [1.807, 2.05) is 0 Å². The van der Waals surface area contributed by atoms with Crippen LogP contribution in [0.1, 0.15) is 5.56 Å². The summed E-state index contributed by atoms with van der Waals surface area (Å²) in [6, 6.07) is 2.18. The standard InChI is InChI=1S/C12H21N3O/c1-13-3-2-12(10-13)11-15-6-4-14(5-7-15)8-9-16/h2-3,10,16H,4-9,11H2,1H3. The van der Waals surface area contributed by atoms with E-state index in [9.17, 15) is 0 Å². The molecule has 16 heavy (non-hydrogen) atoms. The topological polar surface area (TPSA) is 31.6 Å². The van der Waals surface area contributed by atoms with E-state index < -0.39 is 0 Å². The molecule has 1 aromatic heterocycles. The Morgan fingerprint density at radius 2 is 1.88 bits per heavy atom. The van der Waals surface area contributed by atoms with Crippen LogP contribution >= 0.6 is 0 Å². The molecule has 0 aromatic carbocycles. The highest BCUT2D eigenvalue weighted by Gasteiger charge is 2.16. The summed E-state index contributed by atoms with van der Waals surface area (Å²) in [7, 11) is 2.06. The normalized spacial score (nSPS) is 19.1. The molecule has 0 aliphatic carbocycles. The van der Waals surface area contributed by atoms with Gasteiger partial charge in [0.2, 0.25) is 0 Å². The Labute approximate surface area is 97.1 Å². The lowest BCUT2D eigenvalue weighted by Gasteiger charge is -2.34. The van der Waals surface area contributed by atoms with Gasteiger partial charge in [-0.15, -0.1) is 0 Å². The van der Waals surface area contributed by atoms with Crippen molar-refractivity contribution in [3.8, 4) is 0 Å². The molecule has 0 amide bonds. The van der Waals surface area contributed by atoms with Crippen molar-refractivity contribution < 1.29 is 5.11 Å². The van der Waals surface area contributed by atoms with Crippen LogP contribution in [0.5, 0.6) is 0 Å². The van der Waals surface area contributed by atoms with Crippen LogP contribution in [0.25, 0.3) is 0 Å². The maximum absolute atomic E-state index is 8.86. The number of aromatic nitrogens is 1. The third kappa shape index (κ3) is 3.07. The molecule has 1 aromatic rings. The first kappa shape index (κ1) is 11.6. The molecule has 90 valence electrons. The van der Waals surface area contributed by atoms with Crippen molar-refractivity contribution in [2.45, 2.75) is 6.54 Å². The van der Waals surface area contributed by atoms with Gasteiger partial charge in [0.15, 0.2) is 0 Å². The summed E-state index contributed by atoms with van der Waals surface area (Å²) < 4.78 is 2.09. The average Bonchev–Trinajstić information content (AvgIpc) is 2.67. The lowest BCUT2D eigenvalue weighted by atomic mass is 10.2. The summed E-state index contributed by atoms with van der Waals surface area (Å²) in [5.41, 5.74) is 1.39. The molecule has 0 atom stereocenters. The van der Waals surface area contributed by atoms with E-state index in [1.54, 1.807) is 0 Å². The van der Waals surface area contributed by atoms with Crippen LogP contribution in [0.2, 0.25) is 0 Å². The van der Waals surface area contributed by atoms with E-state index in [1.165, 1.54) is 5.56 Å². The number of aliphatic hydroxyl groups is 1. The van der Waals surface area contributed by atoms with Crippen molar-refractivity contribution in [2.24, 2.45) is 7.05 Å². The summed E-state index contributed by atoms with van der Waals surface area (Å²) in [4.78, 5) is 4.80. The second-order valence-electron chi connectivity index (χ2n) is 4.53. The molecule has 4 nitrogen and oxygen atoms in total. The molecule has 0 radical (unpaired) electrons. The Kier molecular flexibility index (Phi) is 3.98. The van der Waals surface area contributed by atoms with Gasteiger partial charge in [-0.25, -0.2) is 0 Å². The molecule has 0 saturated carbocycles. The third-order valence-electron chi connectivity index (χ3n) is 3.18. The largest absolute Gasteiger partial charge is 0.395 e. The molecule has 1 N–H and O–H groups in total. The van der Waals surface area contributed by atoms with Crippen LogP contribution in [0, 0.1) is 0 Å². The monoisotopic (exact) mass is 223 g/mol. The Bertz CT molecular complexity index is 316. The molecular weight excluding hydrogens is 202 g/mol. The van der Waals surface area contributed by atoms with Crippen molar-refractivity contribution in [3.63, 3.8) is 0 Å². The molecule has 2 rings (SSSR count). The van der Waals surface area contributed by atoms with E-state index in [2.05, 4.69) is 39.9 Å². The number of nitrogens with zero attached hydrogens (tertiary/aromatic N) is 3. The zero-order valence-corrected chi connectivity index (χ0v) is 9.97. The molecule has 2 heterocycles. The van der Waals surface area contributed by atoms with Gasteiger partial charge in [-0.3, -0.25) is 9.80 Å². The molecule has 1 fully saturated rings. The van der Waals surface area contributed by atoms with Crippen LogP contribution in [0.4, 0.5) is 0 Å². The van der Waals surface area contributed by atoms with Crippen molar-refractivity contribution in [3.05, 3.63) is 24.0 Å². The van der Waals surface area contributed by atoms with Gasteiger partial charge in [-0.05, 0) is 11.6 Å². The predicted octanol–water partition coefficient (Wildman–Crippen LogP) is 0.135. The lowest BCUT2D eigenvalue weighted by Crippen LogP contribution is -2.46. The summed E-state index contributed by atoms with van der Waals surface area (Å²) in [6.07, 6.45) is 4.28. The first-order chi connectivity index (χ1) is 7.78. The van der Waals surface area contributed by atoms with Gasteiger partial charge < -0.3 is 9.67 Å². The third-order valence-corrected chi connectivity index (χ3v) is 3.18. The summed E-state index contributed by atoms with van der Waals surface area (Å²) in [5, 5.41) is 8.86. The first-order valence-electron chi connectivity index (χ1n) is 5.94. The maximum Gasteiger partial charge on any atom is 0.0558 e. The lowest BCUT2D eigenvalue weighted by molar-refractivity contribution is 0.108. The van der Waals surface area contributed by atoms with Crippen molar-refractivity contribution in [2.75, 3.05) is 39.3 Å². The second kappa shape index (κ2) is 5.48. The number of piperazine rings is 1. The minimum atomic E-state index is 0.276. The highest BCUT2D eigenvalue weighted by atomic mass is 16.3. The number of aryl methyl sites for hydroxylation is 1. The molecule has 0 bridgehead atoms. The number of rotatable bonds is 4. The van der Waals surface area contributed by atoms with E-state index >= 15 is 0 Å². The maximum atomic E-state index is 8.86. The minimum absolute atomic E-state index is 0.276. The molecule has 0 unspecified atom stereocenters. The Morgan fingerprint density at radius 3 is 2.44 bits per heavy atom. The molecular formula is C12H21N3O. The van der Waals surface area contributed by atoms with E-state index in [0.29, 0.717) is 0 Å². The zero-order chi connectivity index (χ0) is 11.4. The number of hydrogen-bond donors (Lipinski definition) is 1. The van der Waals surface area contributed by atoms with Gasteiger partial charge in [0.05, 0.1) is 6.61 Å². The van der Waals surface area contributed by atoms with E-state index in [0.717, 1.165) is 39.3 Å². The van der Waals surface area contributed by atoms with Gasteiger partial charge in [0, 0.05) is 58.7 Å². The van der Waals surface area contributed by atoms with E-state index in [-0.39, 0.29) is 6.61 Å². The Hall–Kier alpha value is -0.840. The number of β-amino-alcohol motifs (C(OH)–C–C–N with tert-alkyl or cyclic N) is 1. The minimum Gasteiger partial charge on any atom is -0.395 e. The van der Waals surface area contributed by atoms with Gasteiger partial charge >= 0.3 is 0 Å². The zero-order valence-electron chi connectivity index (χ0n) is 9.97. The highest BCUT2D eigenvalue weighted by Crippen LogP contribution is 2.08. The highest BCUT2D eigenvalue weighted by molar-refractivity contribution is 5.09. The summed E-state index contributed by atoms with van der Waals surface area (Å²) in [6.45, 7) is 6.51. The fraction of sp³-hybridized carbons (Fsp3) is 0.667. The first-order valence-corrected chi connectivity index (χ1v) is 5.94. The van der Waals surface area contributed by atoms with Crippen LogP contribution in [-0.4, -0.2) is 58.8 Å². The quantitative estimate of drug-likeness (QED) is 0.787. The van der Waals surface area contributed by atoms with Crippen LogP contribution in [-0.2, 0) is 13.6 Å². The average molecular weight is 223 g/mol. The SMILES string of the molecule is Cn1ccc(CN2CCN(CCO)CC2)c1. The van der Waals surface area contributed by atoms with Gasteiger partial charge in [0.25, 0.3) is 0 Å². The molecule has 1 saturated heterocycles.